The van der Waals surface area contributed by atoms with E-state index in [0.717, 1.165) is 5.56 Å². The number of nitrogens with one attached hydrogen (secondary N) is 1. The van der Waals surface area contributed by atoms with Crippen LogP contribution in [0.15, 0.2) is 48.5 Å². The van der Waals surface area contributed by atoms with Gasteiger partial charge in [0.25, 0.3) is 5.91 Å². The van der Waals surface area contributed by atoms with Crippen LogP contribution in [0.1, 0.15) is 11.1 Å². The number of carbonyl (C=O) groups is 1. The molecule has 2 rings (SSSR count). The summed E-state index contributed by atoms with van der Waals surface area (Å²) in [5.74, 6) is -0.247. The van der Waals surface area contributed by atoms with E-state index in [2.05, 4.69) is 5.32 Å². The van der Waals surface area contributed by atoms with Crippen LogP contribution < -0.4 is 10.1 Å². The summed E-state index contributed by atoms with van der Waals surface area (Å²) in [5, 5.41) is 12.2. The molecule has 128 valence electrons. The van der Waals surface area contributed by atoms with Crippen molar-refractivity contribution in [1.29, 1.82) is 0 Å². The molecule has 4 nitrogen and oxygen atoms in total. The van der Waals surface area contributed by atoms with Crippen molar-refractivity contribution in [3.63, 3.8) is 0 Å². The van der Waals surface area contributed by atoms with Gasteiger partial charge < -0.3 is 15.2 Å². The van der Waals surface area contributed by atoms with Gasteiger partial charge in [-0.1, -0.05) is 29.8 Å². The molecule has 0 saturated heterocycles. The fraction of sp³-hybridized carbons (Fsp3) is 0.316. The first-order valence-corrected chi connectivity index (χ1v) is 7.88. The Hall–Kier alpha value is -2.40. The molecular formula is C19H22FNO3. The molecule has 1 unspecified atom stereocenters. The lowest BCUT2D eigenvalue weighted by Crippen LogP contribution is -2.35. The molecule has 0 spiro atoms. The number of carbonyl (C=O) groups excluding carboxylic acids is 1. The lowest BCUT2D eigenvalue weighted by Gasteiger charge is -2.15. The number of aryl methyl sites for hydroxylation is 1. The van der Waals surface area contributed by atoms with Crippen molar-refractivity contribution in [3.8, 4) is 5.75 Å². The van der Waals surface area contributed by atoms with Crippen LogP contribution in [0.2, 0.25) is 0 Å². The molecule has 0 aliphatic carbocycles. The SMILES string of the molecule is Cc1ccc(CC(CO)CNC(=O)COc2ccc(F)cc2)cc1. The van der Waals surface area contributed by atoms with Gasteiger partial charge in [-0.3, -0.25) is 4.79 Å². The maximum absolute atomic E-state index is 12.8. The molecule has 0 bridgehead atoms. The minimum atomic E-state index is -0.353. The molecule has 0 heterocycles. The van der Waals surface area contributed by atoms with Crippen molar-refractivity contribution in [3.05, 3.63) is 65.5 Å². The summed E-state index contributed by atoms with van der Waals surface area (Å²) < 4.78 is 18.1. The number of aliphatic hydroxyl groups is 1. The van der Waals surface area contributed by atoms with Gasteiger partial charge in [0, 0.05) is 19.1 Å². The molecule has 0 radical (unpaired) electrons. The van der Waals surface area contributed by atoms with Crippen LogP contribution in [-0.2, 0) is 11.2 Å². The second-order valence-electron chi connectivity index (χ2n) is 5.78. The molecule has 0 aliphatic heterocycles. The number of aliphatic hydroxyl groups excluding tert-OH is 1. The van der Waals surface area contributed by atoms with Crippen molar-refractivity contribution in [2.24, 2.45) is 5.92 Å². The van der Waals surface area contributed by atoms with Crippen LogP contribution in [0.5, 0.6) is 5.75 Å². The highest BCUT2D eigenvalue weighted by Crippen LogP contribution is 2.11. The van der Waals surface area contributed by atoms with E-state index in [0.29, 0.717) is 18.7 Å². The Labute approximate surface area is 141 Å². The van der Waals surface area contributed by atoms with Gasteiger partial charge >= 0.3 is 0 Å². The fourth-order valence-corrected chi connectivity index (χ4v) is 2.25. The summed E-state index contributed by atoms with van der Waals surface area (Å²) in [6.45, 7) is 2.24. The standard InChI is InChI=1S/C19H22FNO3/c1-14-2-4-15(5-3-14)10-16(12-22)11-21-19(23)13-24-18-8-6-17(20)7-9-18/h2-9,16,22H,10-13H2,1H3,(H,21,23). The van der Waals surface area contributed by atoms with Crippen LogP contribution in [0.3, 0.4) is 0 Å². The monoisotopic (exact) mass is 331 g/mol. The number of rotatable bonds is 8. The first-order chi connectivity index (χ1) is 11.6. The first kappa shape index (κ1) is 17.9. The molecule has 0 aromatic heterocycles. The Bertz CT molecular complexity index is 641. The smallest absolute Gasteiger partial charge is 0.257 e. The molecule has 5 heteroatoms. The van der Waals surface area contributed by atoms with Crippen molar-refractivity contribution in [2.75, 3.05) is 19.8 Å². The van der Waals surface area contributed by atoms with Gasteiger partial charge in [0.15, 0.2) is 6.61 Å². The Morgan fingerprint density at radius 2 is 1.83 bits per heavy atom. The third-order valence-electron chi connectivity index (χ3n) is 3.67. The molecule has 2 N–H and O–H groups in total. The summed E-state index contributed by atoms with van der Waals surface area (Å²) in [4.78, 5) is 11.8. The Morgan fingerprint density at radius 1 is 1.17 bits per heavy atom. The zero-order valence-corrected chi connectivity index (χ0v) is 13.7. The first-order valence-electron chi connectivity index (χ1n) is 7.88. The van der Waals surface area contributed by atoms with Gasteiger partial charge in [-0.25, -0.2) is 4.39 Å². The molecule has 0 saturated carbocycles. The van der Waals surface area contributed by atoms with Gasteiger partial charge in [0.05, 0.1) is 0 Å². The molecule has 1 atom stereocenters. The average molecular weight is 331 g/mol. The molecule has 2 aromatic carbocycles. The predicted octanol–water partition coefficient (Wildman–Crippen LogP) is 2.48. The highest BCUT2D eigenvalue weighted by Gasteiger charge is 2.11. The normalized spacial score (nSPS) is 11.8. The maximum atomic E-state index is 12.8. The number of benzene rings is 2. The number of ether oxygens (including phenoxy) is 1. The predicted molar refractivity (Wildman–Crippen MR) is 90.4 cm³/mol. The van der Waals surface area contributed by atoms with Crippen molar-refractivity contribution in [2.45, 2.75) is 13.3 Å². The average Bonchev–Trinajstić information content (AvgIpc) is 2.59. The van der Waals surface area contributed by atoms with Crippen LogP contribution in [0, 0.1) is 18.7 Å². The van der Waals surface area contributed by atoms with Crippen LogP contribution in [-0.4, -0.2) is 30.8 Å². The summed E-state index contributed by atoms with van der Waals surface area (Å²) in [6.07, 6.45) is 0.690. The lowest BCUT2D eigenvalue weighted by atomic mass is 9.99. The van der Waals surface area contributed by atoms with Gasteiger partial charge in [-0.2, -0.15) is 0 Å². The van der Waals surface area contributed by atoms with Gasteiger partial charge in [-0.05, 0) is 43.2 Å². The van der Waals surface area contributed by atoms with E-state index in [4.69, 9.17) is 4.74 Å². The van der Waals surface area contributed by atoms with Crippen molar-refractivity contribution >= 4 is 5.91 Å². The van der Waals surface area contributed by atoms with Crippen LogP contribution in [0.4, 0.5) is 4.39 Å². The zero-order chi connectivity index (χ0) is 17.4. The summed E-state index contributed by atoms with van der Waals surface area (Å²) in [7, 11) is 0. The second kappa shape index (κ2) is 9.03. The van der Waals surface area contributed by atoms with Crippen molar-refractivity contribution in [1.82, 2.24) is 5.32 Å². The minimum absolute atomic E-state index is 0.00697. The summed E-state index contributed by atoms with van der Waals surface area (Å²) in [6, 6.07) is 13.6. The summed E-state index contributed by atoms with van der Waals surface area (Å²) in [5.41, 5.74) is 2.31. The Kier molecular flexibility index (Phi) is 6.75. The molecule has 24 heavy (non-hydrogen) atoms. The highest BCUT2D eigenvalue weighted by atomic mass is 19.1. The van der Waals surface area contributed by atoms with E-state index in [1.165, 1.54) is 29.8 Å². The quantitative estimate of drug-likeness (QED) is 0.781. The lowest BCUT2D eigenvalue weighted by molar-refractivity contribution is -0.123. The maximum Gasteiger partial charge on any atom is 0.257 e. The Morgan fingerprint density at radius 3 is 2.46 bits per heavy atom. The summed E-state index contributed by atoms with van der Waals surface area (Å²) >= 11 is 0. The highest BCUT2D eigenvalue weighted by molar-refractivity contribution is 5.77. The third-order valence-corrected chi connectivity index (χ3v) is 3.67. The fourth-order valence-electron chi connectivity index (χ4n) is 2.25. The third kappa shape index (κ3) is 6.01. The van der Waals surface area contributed by atoms with Crippen molar-refractivity contribution < 1.29 is 19.0 Å². The van der Waals surface area contributed by atoms with E-state index in [-0.39, 0.29) is 30.9 Å². The van der Waals surface area contributed by atoms with E-state index in [1.807, 2.05) is 31.2 Å². The molecular weight excluding hydrogens is 309 g/mol. The number of hydrogen-bond acceptors (Lipinski definition) is 3. The zero-order valence-electron chi connectivity index (χ0n) is 13.7. The van der Waals surface area contributed by atoms with E-state index >= 15 is 0 Å². The van der Waals surface area contributed by atoms with E-state index < -0.39 is 0 Å². The van der Waals surface area contributed by atoms with Crippen LogP contribution in [0.25, 0.3) is 0 Å². The second-order valence-corrected chi connectivity index (χ2v) is 5.78. The van der Waals surface area contributed by atoms with Gasteiger partial charge in [-0.15, -0.1) is 0 Å². The molecule has 0 fully saturated rings. The molecule has 2 aromatic rings. The molecule has 1 amide bonds. The molecule has 0 aliphatic rings. The van der Waals surface area contributed by atoms with E-state index in [1.54, 1.807) is 0 Å². The number of hydrogen-bond donors (Lipinski definition) is 2. The van der Waals surface area contributed by atoms with Gasteiger partial charge in [0.2, 0.25) is 0 Å². The Balaban J connectivity index is 1.74. The number of amides is 1. The number of halogens is 1. The largest absolute Gasteiger partial charge is 0.484 e. The minimum Gasteiger partial charge on any atom is -0.484 e. The van der Waals surface area contributed by atoms with Gasteiger partial charge in [0.1, 0.15) is 11.6 Å². The van der Waals surface area contributed by atoms with Crippen LogP contribution >= 0.6 is 0 Å². The van der Waals surface area contributed by atoms with E-state index in [9.17, 15) is 14.3 Å². The topological polar surface area (TPSA) is 58.6 Å².